The Bertz CT molecular complexity index is 777. The van der Waals surface area contributed by atoms with E-state index in [0.29, 0.717) is 11.2 Å². The summed E-state index contributed by atoms with van der Waals surface area (Å²) in [5.74, 6) is 0. The van der Waals surface area contributed by atoms with Gasteiger partial charge in [0.1, 0.15) is 30.0 Å². The Morgan fingerprint density at radius 1 is 1.24 bits per heavy atom. The van der Waals surface area contributed by atoms with Crippen LogP contribution in [0.3, 0.4) is 0 Å². The SMILES string of the molecule is CC(C)(C)OC(=O)n1c([C@@H]2O[C@H](CO)[C@@H](O)[C@H]2O)cc2ccccc21. The maximum Gasteiger partial charge on any atom is 0.419 e. The van der Waals surface area contributed by atoms with Gasteiger partial charge < -0.3 is 24.8 Å². The van der Waals surface area contributed by atoms with Crippen LogP contribution in [0.15, 0.2) is 30.3 Å². The molecule has 7 heteroatoms. The second kappa shape index (κ2) is 6.42. The highest BCUT2D eigenvalue weighted by Gasteiger charge is 2.45. The summed E-state index contributed by atoms with van der Waals surface area (Å²) in [6.07, 6.45) is -4.96. The van der Waals surface area contributed by atoms with Crippen molar-refractivity contribution in [3.05, 3.63) is 36.0 Å². The fourth-order valence-electron chi connectivity index (χ4n) is 3.04. The molecule has 0 unspecified atom stereocenters. The van der Waals surface area contributed by atoms with Crippen LogP contribution in [0.2, 0.25) is 0 Å². The van der Waals surface area contributed by atoms with Gasteiger partial charge in [0.25, 0.3) is 0 Å². The highest BCUT2D eigenvalue weighted by atomic mass is 16.6. The molecule has 0 aliphatic carbocycles. The standard InChI is InChI=1S/C18H23NO6/c1-18(2,3)25-17(23)19-11-7-5-4-6-10(11)8-12(19)16-15(22)14(21)13(9-20)24-16/h4-8,13-16,20-22H,9H2,1-3H3/t13-,14-,15-,16+/m1/s1. The maximum atomic E-state index is 12.7. The number of ether oxygens (including phenoxy) is 2. The Morgan fingerprint density at radius 3 is 2.52 bits per heavy atom. The van der Waals surface area contributed by atoms with Crippen molar-refractivity contribution in [2.24, 2.45) is 0 Å². The lowest BCUT2D eigenvalue weighted by molar-refractivity contribution is -0.0250. The summed E-state index contributed by atoms with van der Waals surface area (Å²) in [5.41, 5.74) is 0.296. The molecule has 0 radical (unpaired) electrons. The highest BCUT2D eigenvalue weighted by Crippen LogP contribution is 2.36. The van der Waals surface area contributed by atoms with Crippen LogP contribution >= 0.6 is 0 Å². The molecule has 1 aliphatic rings. The normalized spacial score (nSPS) is 27.0. The number of aliphatic hydroxyl groups is 3. The average molecular weight is 349 g/mol. The first-order chi connectivity index (χ1) is 11.7. The number of para-hydroxylation sites is 1. The fourth-order valence-corrected chi connectivity index (χ4v) is 3.04. The van der Waals surface area contributed by atoms with Gasteiger partial charge in [0, 0.05) is 5.39 Å². The molecule has 25 heavy (non-hydrogen) atoms. The molecule has 1 aromatic carbocycles. The van der Waals surface area contributed by atoms with E-state index in [1.807, 2.05) is 12.1 Å². The van der Waals surface area contributed by atoms with Crippen LogP contribution in [0.4, 0.5) is 4.79 Å². The van der Waals surface area contributed by atoms with Gasteiger partial charge in [-0.15, -0.1) is 0 Å². The predicted octanol–water partition coefficient (Wildman–Crippen LogP) is 1.58. The second-order valence-electron chi connectivity index (χ2n) is 7.20. The zero-order valence-corrected chi connectivity index (χ0v) is 14.4. The molecule has 136 valence electrons. The Balaban J connectivity index is 2.09. The number of fused-ring (bicyclic) bond motifs is 1. The van der Waals surface area contributed by atoms with Gasteiger partial charge in [-0.2, -0.15) is 0 Å². The van der Waals surface area contributed by atoms with E-state index in [4.69, 9.17) is 9.47 Å². The highest BCUT2D eigenvalue weighted by molar-refractivity contribution is 5.91. The summed E-state index contributed by atoms with van der Waals surface area (Å²) in [5, 5.41) is 30.4. The van der Waals surface area contributed by atoms with Gasteiger partial charge in [0.2, 0.25) is 0 Å². The van der Waals surface area contributed by atoms with Gasteiger partial charge in [0.15, 0.2) is 0 Å². The Labute approximate surface area is 145 Å². The summed E-state index contributed by atoms with van der Waals surface area (Å²) in [6, 6.07) is 8.96. The van der Waals surface area contributed by atoms with Gasteiger partial charge in [-0.25, -0.2) is 9.36 Å². The smallest absolute Gasteiger partial charge is 0.419 e. The molecule has 4 atom stereocenters. The van der Waals surface area contributed by atoms with Crippen LogP contribution < -0.4 is 0 Å². The van der Waals surface area contributed by atoms with Crippen LogP contribution in [0.5, 0.6) is 0 Å². The molecular formula is C18H23NO6. The van der Waals surface area contributed by atoms with Gasteiger partial charge in [0.05, 0.1) is 17.8 Å². The van der Waals surface area contributed by atoms with Crippen LogP contribution in [0.25, 0.3) is 10.9 Å². The number of carbonyl (C=O) groups excluding carboxylic acids is 1. The number of rotatable bonds is 2. The summed E-state index contributed by atoms with van der Waals surface area (Å²) in [4.78, 5) is 12.7. The van der Waals surface area contributed by atoms with E-state index >= 15 is 0 Å². The van der Waals surface area contributed by atoms with E-state index in [9.17, 15) is 20.1 Å². The molecule has 0 bridgehead atoms. The number of carbonyl (C=O) groups is 1. The number of aliphatic hydroxyl groups excluding tert-OH is 3. The molecule has 1 aromatic heterocycles. The third-order valence-corrected chi connectivity index (χ3v) is 4.15. The lowest BCUT2D eigenvalue weighted by Crippen LogP contribution is -2.33. The first kappa shape index (κ1) is 17.9. The number of hydrogen-bond donors (Lipinski definition) is 3. The van der Waals surface area contributed by atoms with Gasteiger partial charge in [-0.1, -0.05) is 18.2 Å². The monoisotopic (exact) mass is 349 g/mol. The van der Waals surface area contributed by atoms with E-state index in [1.54, 1.807) is 39.0 Å². The fraction of sp³-hybridized carbons (Fsp3) is 0.500. The van der Waals surface area contributed by atoms with E-state index in [1.165, 1.54) is 4.57 Å². The lowest BCUT2D eigenvalue weighted by Gasteiger charge is -2.22. The first-order valence-electron chi connectivity index (χ1n) is 8.19. The number of benzene rings is 1. The molecule has 0 amide bonds. The van der Waals surface area contributed by atoms with Crippen LogP contribution in [-0.4, -0.2) is 56.5 Å². The van der Waals surface area contributed by atoms with E-state index in [-0.39, 0.29) is 0 Å². The van der Waals surface area contributed by atoms with Crippen molar-refractivity contribution in [2.45, 2.75) is 50.8 Å². The van der Waals surface area contributed by atoms with Crippen molar-refractivity contribution >= 4 is 17.0 Å². The minimum atomic E-state index is -1.26. The van der Waals surface area contributed by atoms with Crippen molar-refractivity contribution in [3.8, 4) is 0 Å². The Kier molecular flexibility index (Phi) is 4.59. The topological polar surface area (TPSA) is 101 Å². The third kappa shape index (κ3) is 3.28. The summed E-state index contributed by atoms with van der Waals surface area (Å²) in [6.45, 7) is 4.87. The van der Waals surface area contributed by atoms with Crippen molar-refractivity contribution in [2.75, 3.05) is 6.61 Å². The molecule has 1 fully saturated rings. The average Bonchev–Trinajstić information content (AvgIpc) is 3.04. The van der Waals surface area contributed by atoms with Gasteiger partial charge >= 0.3 is 6.09 Å². The van der Waals surface area contributed by atoms with E-state index < -0.39 is 42.7 Å². The molecule has 1 aliphatic heterocycles. The van der Waals surface area contributed by atoms with Gasteiger partial charge in [-0.05, 0) is 32.9 Å². The number of hydrogen-bond acceptors (Lipinski definition) is 6. The third-order valence-electron chi connectivity index (χ3n) is 4.15. The second-order valence-corrected chi connectivity index (χ2v) is 7.20. The maximum absolute atomic E-state index is 12.7. The lowest BCUT2D eigenvalue weighted by atomic mass is 10.1. The molecule has 2 aromatic rings. The number of aromatic nitrogens is 1. The minimum Gasteiger partial charge on any atom is -0.443 e. The zero-order valence-electron chi connectivity index (χ0n) is 14.4. The van der Waals surface area contributed by atoms with Gasteiger partial charge in [-0.3, -0.25) is 0 Å². The summed E-state index contributed by atoms with van der Waals surface area (Å²) in [7, 11) is 0. The quantitative estimate of drug-likeness (QED) is 0.761. The van der Waals surface area contributed by atoms with Crippen LogP contribution in [-0.2, 0) is 9.47 Å². The molecule has 1 saturated heterocycles. The van der Waals surface area contributed by atoms with Crippen LogP contribution in [0.1, 0.15) is 32.6 Å². The zero-order chi connectivity index (χ0) is 18.4. The molecule has 3 N–H and O–H groups in total. The Hall–Kier alpha value is -1.93. The van der Waals surface area contributed by atoms with Crippen LogP contribution in [0, 0.1) is 0 Å². The van der Waals surface area contributed by atoms with Crippen molar-refractivity contribution in [1.82, 2.24) is 4.57 Å². The molecule has 2 heterocycles. The summed E-state index contributed by atoms with van der Waals surface area (Å²) >= 11 is 0. The molecule has 7 nitrogen and oxygen atoms in total. The van der Waals surface area contributed by atoms with E-state index in [2.05, 4.69) is 0 Å². The number of nitrogens with zero attached hydrogens (tertiary/aromatic N) is 1. The molecule has 3 rings (SSSR count). The summed E-state index contributed by atoms with van der Waals surface area (Å²) < 4.78 is 12.4. The van der Waals surface area contributed by atoms with Crippen molar-refractivity contribution < 1.29 is 29.6 Å². The Morgan fingerprint density at radius 2 is 1.92 bits per heavy atom. The largest absolute Gasteiger partial charge is 0.443 e. The molecule has 0 saturated carbocycles. The van der Waals surface area contributed by atoms with E-state index in [0.717, 1.165) is 5.39 Å². The molecule has 0 spiro atoms. The minimum absolute atomic E-state index is 0.373. The van der Waals surface area contributed by atoms with Crippen molar-refractivity contribution in [1.29, 1.82) is 0 Å². The first-order valence-corrected chi connectivity index (χ1v) is 8.19. The van der Waals surface area contributed by atoms with Crippen molar-refractivity contribution in [3.63, 3.8) is 0 Å². The predicted molar refractivity (Wildman–Crippen MR) is 90.3 cm³/mol. The molecular weight excluding hydrogens is 326 g/mol.